The van der Waals surface area contributed by atoms with Gasteiger partial charge in [-0.05, 0) is 20.8 Å². The third kappa shape index (κ3) is 2.57. The number of ether oxygens (including phenoxy) is 1. The van der Waals surface area contributed by atoms with Gasteiger partial charge in [0.1, 0.15) is 4.90 Å². The van der Waals surface area contributed by atoms with Crippen LogP contribution in [0.3, 0.4) is 0 Å². The van der Waals surface area contributed by atoms with Crippen LogP contribution < -0.4 is 0 Å². The number of aromatic nitrogens is 2. The average Bonchev–Trinajstić information content (AvgIpc) is 2.76. The van der Waals surface area contributed by atoms with Gasteiger partial charge < -0.3 is 4.74 Å². The number of sulfonamides is 1. The van der Waals surface area contributed by atoms with Gasteiger partial charge in [0.2, 0.25) is 10.0 Å². The Balaban J connectivity index is 2.25. The zero-order chi connectivity index (χ0) is 13.3. The maximum absolute atomic E-state index is 12.4. The van der Waals surface area contributed by atoms with E-state index in [4.69, 9.17) is 4.74 Å². The van der Waals surface area contributed by atoms with Crippen molar-refractivity contribution >= 4 is 10.0 Å². The highest BCUT2D eigenvalue weighted by Gasteiger charge is 2.32. The van der Waals surface area contributed by atoms with Crippen LogP contribution in [0.15, 0.2) is 17.3 Å². The number of nitrogens with zero attached hydrogens (tertiary/aromatic N) is 3. The first kappa shape index (κ1) is 13.5. The zero-order valence-corrected chi connectivity index (χ0v) is 11.7. The van der Waals surface area contributed by atoms with E-state index in [9.17, 15) is 8.42 Å². The summed E-state index contributed by atoms with van der Waals surface area (Å²) >= 11 is 0. The van der Waals surface area contributed by atoms with E-state index >= 15 is 0 Å². The Bertz CT molecular complexity index is 501. The fourth-order valence-electron chi connectivity index (χ4n) is 2.13. The maximum Gasteiger partial charge on any atom is 0.246 e. The Kier molecular flexibility index (Phi) is 3.74. The van der Waals surface area contributed by atoms with Gasteiger partial charge in [-0.15, -0.1) is 0 Å². The minimum absolute atomic E-state index is 0.0789. The van der Waals surface area contributed by atoms with Crippen LogP contribution in [-0.4, -0.2) is 47.8 Å². The summed E-state index contributed by atoms with van der Waals surface area (Å²) in [6.45, 7) is 7.13. The Morgan fingerprint density at radius 1 is 1.39 bits per heavy atom. The lowest BCUT2D eigenvalue weighted by Crippen LogP contribution is -2.48. The van der Waals surface area contributed by atoms with Crippen molar-refractivity contribution in [2.45, 2.75) is 44.4 Å². The molecule has 0 radical (unpaired) electrons. The lowest BCUT2D eigenvalue weighted by Gasteiger charge is -2.34. The second-order valence-electron chi connectivity index (χ2n) is 4.61. The van der Waals surface area contributed by atoms with E-state index in [0.717, 1.165) is 0 Å². The van der Waals surface area contributed by atoms with Gasteiger partial charge in [-0.2, -0.15) is 9.40 Å². The van der Waals surface area contributed by atoms with Gasteiger partial charge in [-0.3, -0.25) is 4.68 Å². The van der Waals surface area contributed by atoms with E-state index in [0.29, 0.717) is 19.6 Å². The Hall–Kier alpha value is -0.920. The summed E-state index contributed by atoms with van der Waals surface area (Å²) in [5.41, 5.74) is 0. The van der Waals surface area contributed by atoms with Crippen molar-refractivity contribution in [1.29, 1.82) is 0 Å². The molecule has 0 N–H and O–H groups in total. The zero-order valence-electron chi connectivity index (χ0n) is 10.9. The molecule has 0 unspecified atom stereocenters. The summed E-state index contributed by atoms with van der Waals surface area (Å²) < 4.78 is 33.5. The SMILES string of the molecule is CCn1cc(S(=O)(=O)N2C[C@@H](C)O[C@@H](C)C2)cn1. The summed E-state index contributed by atoms with van der Waals surface area (Å²) in [5.74, 6) is 0. The molecule has 1 aliphatic heterocycles. The van der Waals surface area contributed by atoms with Crippen LogP contribution in [0.1, 0.15) is 20.8 Å². The number of hydrogen-bond acceptors (Lipinski definition) is 4. The van der Waals surface area contributed by atoms with Crippen LogP contribution in [0, 0.1) is 0 Å². The van der Waals surface area contributed by atoms with Gasteiger partial charge in [-0.1, -0.05) is 0 Å². The molecule has 1 aromatic heterocycles. The monoisotopic (exact) mass is 273 g/mol. The lowest BCUT2D eigenvalue weighted by atomic mass is 10.3. The summed E-state index contributed by atoms with van der Waals surface area (Å²) in [5, 5.41) is 4.01. The smallest absolute Gasteiger partial charge is 0.246 e. The standard InChI is InChI=1S/C11H19N3O3S/c1-4-13-8-11(5-12-13)18(15,16)14-6-9(2)17-10(3)7-14/h5,8-10H,4,6-7H2,1-3H3/t9-,10+. The predicted molar refractivity (Wildman–Crippen MR) is 66.7 cm³/mol. The van der Waals surface area contributed by atoms with Crippen LogP contribution in [0.4, 0.5) is 0 Å². The minimum Gasteiger partial charge on any atom is -0.373 e. The Morgan fingerprint density at radius 3 is 2.50 bits per heavy atom. The van der Waals surface area contributed by atoms with Crippen molar-refractivity contribution in [2.75, 3.05) is 13.1 Å². The molecule has 0 aliphatic carbocycles. The third-order valence-electron chi connectivity index (χ3n) is 2.96. The van der Waals surface area contributed by atoms with Gasteiger partial charge >= 0.3 is 0 Å². The highest BCUT2D eigenvalue weighted by Crippen LogP contribution is 2.20. The van der Waals surface area contributed by atoms with Crippen molar-refractivity contribution < 1.29 is 13.2 Å². The molecule has 2 atom stereocenters. The van der Waals surface area contributed by atoms with Crippen LogP contribution in [0.25, 0.3) is 0 Å². The van der Waals surface area contributed by atoms with Crippen LogP contribution in [0.2, 0.25) is 0 Å². The van der Waals surface area contributed by atoms with E-state index in [2.05, 4.69) is 5.10 Å². The van der Waals surface area contributed by atoms with Crippen molar-refractivity contribution in [3.8, 4) is 0 Å². The summed E-state index contributed by atoms with van der Waals surface area (Å²) in [4.78, 5) is 0.255. The van der Waals surface area contributed by atoms with E-state index in [-0.39, 0.29) is 17.1 Å². The van der Waals surface area contributed by atoms with Crippen LogP contribution in [0.5, 0.6) is 0 Å². The first-order valence-corrected chi connectivity index (χ1v) is 7.55. The molecule has 1 fully saturated rings. The van der Waals surface area contributed by atoms with Crippen LogP contribution >= 0.6 is 0 Å². The molecule has 0 spiro atoms. The van der Waals surface area contributed by atoms with Gasteiger partial charge in [0, 0.05) is 25.8 Å². The second-order valence-corrected chi connectivity index (χ2v) is 6.55. The molecule has 0 amide bonds. The van der Waals surface area contributed by atoms with Crippen molar-refractivity contribution in [3.05, 3.63) is 12.4 Å². The topological polar surface area (TPSA) is 64.4 Å². The largest absolute Gasteiger partial charge is 0.373 e. The number of morpholine rings is 1. The molecule has 1 aliphatic rings. The minimum atomic E-state index is -3.45. The molecule has 6 nitrogen and oxygen atoms in total. The van der Waals surface area contributed by atoms with Crippen molar-refractivity contribution in [1.82, 2.24) is 14.1 Å². The maximum atomic E-state index is 12.4. The third-order valence-corrected chi connectivity index (χ3v) is 4.74. The molecule has 0 saturated carbocycles. The number of aryl methyl sites for hydroxylation is 1. The van der Waals surface area contributed by atoms with Gasteiger partial charge in [0.15, 0.2) is 0 Å². The van der Waals surface area contributed by atoms with E-state index < -0.39 is 10.0 Å². The molecule has 102 valence electrons. The normalized spacial score (nSPS) is 26.4. The van der Waals surface area contributed by atoms with Crippen molar-refractivity contribution in [3.63, 3.8) is 0 Å². The van der Waals surface area contributed by atoms with E-state index in [1.807, 2.05) is 20.8 Å². The molecule has 7 heteroatoms. The lowest BCUT2D eigenvalue weighted by molar-refractivity contribution is -0.0440. The van der Waals surface area contributed by atoms with E-state index in [1.165, 1.54) is 10.5 Å². The number of rotatable bonds is 3. The highest BCUT2D eigenvalue weighted by molar-refractivity contribution is 7.89. The molecule has 18 heavy (non-hydrogen) atoms. The molecule has 0 aromatic carbocycles. The molecule has 2 rings (SSSR count). The van der Waals surface area contributed by atoms with Gasteiger partial charge in [0.05, 0.1) is 18.4 Å². The predicted octanol–water partition coefficient (Wildman–Crippen LogP) is 0.701. The quantitative estimate of drug-likeness (QED) is 0.813. The van der Waals surface area contributed by atoms with Gasteiger partial charge in [0.25, 0.3) is 0 Å². The van der Waals surface area contributed by atoms with E-state index in [1.54, 1.807) is 10.9 Å². The molecule has 1 saturated heterocycles. The molecule has 1 aromatic rings. The second kappa shape index (κ2) is 4.99. The molecular formula is C11H19N3O3S. The van der Waals surface area contributed by atoms with Gasteiger partial charge in [-0.25, -0.2) is 8.42 Å². The fourth-order valence-corrected chi connectivity index (χ4v) is 3.67. The fraction of sp³-hybridized carbons (Fsp3) is 0.727. The average molecular weight is 273 g/mol. The summed E-state index contributed by atoms with van der Waals surface area (Å²) in [7, 11) is -3.45. The summed E-state index contributed by atoms with van der Waals surface area (Å²) in [6.07, 6.45) is 2.82. The molecule has 2 heterocycles. The first-order valence-electron chi connectivity index (χ1n) is 6.11. The molecular weight excluding hydrogens is 254 g/mol. The van der Waals surface area contributed by atoms with Crippen molar-refractivity contribution in [2.24, 2.45) is 0 Å². The Morgan fingerprint density at radius 2 is 2.00 bits per heavy atom. The first-order chi connectivity index (χ1) is 8.43. The number of hydrogen-bond donors (Lipinski definition) is 0. The summed E-state index contributed by atoms with van der Waals surface area (Å²) in [6, 6.07) is 0. The highest BCUT2D eigenvalue weighted by atomic mass is 32.2. The molecule has 0 bridgehead atoms. The Labute approximate surface area is 108 Å². The van der Waals surface area contributed by atoms with Crippen LogP contribution in [-0.2, 0) is 21.3 Å².